The van der Waals surface area contributed by atoms with Gasteiger partial charge in [-0.25, -0.2) is 0 Å². The molecule has 0 unspecified atom stereocenters. The van der Waals surface area contributed by atoms with Crippen LogP contribution in [0.2, 0.25) is 5.02 Å². The molecule has 0 aromatic heterocycles. The van der Waals surface area contributed by atoms with E-state index in [1.54, 1.807) is 30.3 Å². The minimum Gasteiger partial charge on any atom is -0.507 e. The Kier molecular flexibility index (Phi) is 8.06. The third kappa shape index (κ3) is 4.98. The highest BCUT2D eigenvalue weighted by atomic mass is 35.5. The first-order valence-electron chi connectivity index (χ1n) is 10.7. The topological polar surface area (TPSA) is 88.5 Å². The fourth-order valence-corrected chi connectivity index (χ4v) is 4.26. The van der Waals surface area contributed by atoms with Crippen molar-refractivity contribution in [3.05, 3.63) is 58.1 Å². The van der Waals surface area contributed by atoms with Crippen LogP contribution in [0.25, 0.3) is 5.76 Å². The molecular formula is C25H29ClN2O6. The number of amides is 1. The van der Waals surface area contributed by atoms with Crippen molar-refractivity contribution in [3.8, 4) is 17.2 Å². The summed E-state index contributed by atoms with van der Waals surface area (Å²) in [6.07, 6.45) is 0.651. The number of benzene rings is 2. The van der Waals surface area contributed by atoms with Gasteiger partial charge in [0.05, 0.1) is 38.0 Å². The first-order valence-corrected chi connectivity index (χ1v) is 11.1. The lowest BCUT2D eigenvalue weighted by molar-refractivity contribution is -0.139. The quantitative estimate of drug-likeness (QED) is 0.327. The molecule has 1 fully saturated rings. The monoisotopic (exact) mass is 488 g/mol. The van der Waals surface area contributed by atoms with E-state index in [4.69, 9.17) is 25.8 Å². The highest BCUT2D eigenvalue weighted by molar-refractivity contribution is 6.46. The van der Waals surface area contributed by atoms with Crippen molar-refractivity contribution in [1.82, 2.24) is 9.80 Å². The lowest BCUT2D eigenvalue weighted by Crippen LogP contribution is -2.32. The van der Waals surface area contributed by atoms with E-state index >= 15 is 0 Å². The molecule has 1 atom stereocenters. The van der Waals surface area contributed by atoms with Crippen molar-refractivity contribution in [3.63, 3.8) is 0 Å². The SMILES string of the molecule is COc1ccc(C(O)=C2C(=O)C(=O)N(CCCN(C)C)[C@H]2c2ccc(OC)c(OC)c2)cc1Cl. The third-order valence-corrected chi connectivity index (χ3v) is 5.99. The van der Waals surface area contributed by atoms with Crippen LogP contribution in [0, 0.1) is 0 Å². The van der Waals surface area contributed by atoms with Crippen molar-refractivity contribution in [1.29, 1.82) is 0 Å². The summed E-state index contributed by atoms with van der Waals surface area (Å²) >= 11 is 6.24. The van der Waals surface area contributed by atoms with Crippen molar-refractivity contribution >= 4 is 29.1 Å². The van der Waals surface area contributed by atoms with E-state index in [0.717, 1.165) is 6.54 Å². The number of methoxy groups -OCH3 is 3. The predicted molar refractivity (Wildman–Crippen MR) is 130 cm³/mol. The number of carbonyl (C=O) groups excluding carboxylic acids is 2. The zero-order valence-corrected chi connectivity index (χ0v) is 20.7. The van der Waals surface area contributed by atoms with Crippen LogP contribution in [0.1, 0.15) is 23.6 Å². The van der Waals surface area contributed by atoms with E-state index in [9.17, 15) is 14.7 Å². The number of hydrogen-bond donors (Lipinski definition) is 1. The average molecular weight is 489 g/mol. The summed E-state index contributed by atoms with van der Waals surface area (Å²) in [4.78, 5) is 29.7. The molecule has 1 amide bonds. The summed E-state index contributed by atoms with van der Waals surface area (Å²) in [5, 5.41) is 11.5. The van der Waals surface area contributed by atoms with E-state index in [-0.39, 0.29) is 16.4 Å². The van der Waals surface area contributed by atoms with Crippen molar-refractivity contribution < 1.29 is 28.9 Å². The van der Waals surface area contributed by atoms with E-state index < -0.39 is 17.7 Å². The predicted octanol–water partition coefficient (Wildman–Crippen LogP) is 3.74. The van der Waals surface area contributed by atoms with Crippen LogP contribution in [0.3, 0.4) is 0 Å². The fourth-order valence-electron chi connectivity index (χ4n) is 4.01. The molecule has 1 aliphatic heterocycles. The Morgan fingerprint density at radius 3 is 2.24 bits per heavy atom. The van der Waals surface area contributed by atoms with Gasteiger partial charge in [0, 0.05) is 12.1 Å². The van der Waals surface area contributed by atoms with Crippen LogP contribution in [-0.4, -0.2) is 75.1 Å². The van der Waals surface area contributed by atoms with Crippen molar-refractivity contribution in [2.24, 2.45) is 0 Å². The largest absolute Gasteiger partial charge is 0.507 e. The number of carbonyl (C=O) groups is 2. The molecule has 2 aromatic rings. The van der Waals surface area contributed by atoms with Gasteiger partial charge in [-0.2, -0.15) is 0 Å². The molecule has 0 saturated carbocycles. The Morgan fingerprint density at radius 1 is 1.00 bits per heavy atom. The van der Waals surface area contributed by atoms with E-state index in [0.29, 0.717) is 41.3 Å². The minimum atomic E-state index is -0.803. The van der Waals surface area contributed by atoms with Gasteiger partial charge in [0.15, 0.2) is 11.5 Å². The first-order chi connectivity index (χ1) is 16.2. The maximum Gasteiger partial charge on any atom is 0.295 e. The second-order valence-electron chi connectivity index (χ2n) is 8.11. The van der Waals surface area contributed by atoms with Gasteiger partial charge >= 0.3 is 0 Å². The summed E-state index contributed by atoms with van der Waals surface area (Å²) in [5.74, 6) is -0.338. The van der Waals surface area contributed by atoms with Crippen LogP contribution in [0.15, 0.2) is 42.0 Å². The molecular weight excluding hydrogens is 460 g/mol. The smallest absolute Gasteiger partial charge is 0.295 e. The molecule has 1 saturated heterocycles. The molecule has 0 radical (unpaired) electrons. The zero-order valence-electron chi connectivity index (χ0n) is 19.9. The van der Waals surface area contributed by atoms with Crippen LogP contribution < -0.4 is 14.2 Å². The summed E-state index contributed by atoms with van der Waals surface area (Å²) in [7, 11) is 8.39. The number of rotatable bonds is 9. The lowest BCUT2D eigenvalue weighted by Gasteiger charge is -2.26. The number of hydrogen-bond acceptors (Lipinski definition) is 7. The second-order valence-corrected chi connectivity index (χ2v) is 8.52. The molecule has 0 bridgehead atoms. The van der Waals surface area contributed by atoms with Crippen LogP contribution in [0.4, 0.5) is 0 Å². The number of aliphatic hydroxyl groups is 1. The molecule has 3 rings (SSSR count). The normalized spacial score (nSPS) is 17.4. The molecule has 1 heterocycles. The van der Waals surface area contributed by atoms with Crippen molar-refractivity contribution in [2.45, 2.75) is 12.5 Å². The number of nitrogens with zero attached hydrogens (tertiary/aromatic N) is 2. The molecule has 34 heavy (non-hydrogen) atoms. The van der Waals surface area contributed by atoms with Gasteiger partial charge in [-0.1, -0.05) is 17.7 Å². The second kappa shape index (κ2) is 10.8. The van der Waals surface area contributed by atoms with Gasteiger partial charge in [-0.05, 0) is 63.0 Å². The van der Waals surface area contributed by atoms with Gasteiger partial charge in [0.25, 0.3) is 11.7 Å². The minimum absolute atomic E-state index is 0.0108. The van der Waals surface area contributed by atoms with Gasteiger partial charge in [0.1, 0.15) is 11.5 Å². The van der Waals surface area contributed by atoms with E-state index in [1.807, 2.05) is 19.0 Å². The molecule has 9 heteroatoms. The first kappa shape index (κ1) is 25.4. The number of ketones is 1. The highest BCUT2D eigenvalue weighted by Crippen LogP contribution is 2.42. The summed E-state index contributed by atoms with van der Waals surface area (Å²) in [5.41, 5.74) is 0.911. The fraction of sp³-hybridized carbons (Fsp3) is 0.360. The molecule has 182 valence electrons. The molecule has 1 aliphatic rings. The number of ether oxygens (including phenoxy) is 3. The maximum absolute atomic E-state index is 13.2. The Labute approximate surface area is 204 Å². The highest BCUT2D eigenvalue weighted by Gasteiger charge is 2.46. The van der Waals surface area contributed by atoms with Crippen molar-refractivity contribution in [2.75, 3.05) is 48.5 Å². The van der Waals surface area contributed by atoms with Crippen LogP contribution >= 0.6 is 11.6 Å². The van der Waals surface area contributed by atoms with E-state index in [1.165, 1.54) is 32.3 Å². The van der Waals surface area contributed by atoms with Gasteiger partial charge in [0.2, 0.25) is 0 Å². The molecule has 8 nitrogen and oxygen atoms in total. The maximum atomic E-state index is 13.2. The Hall–Kier alpha value is -3.23. The standard InChI is InChI=1S/C25H29ClN2O6/c1-27(2)11-6-12-28-22(15-7-10-19(33-4)20(14-15)34-5)21(24(30)25(28)31)23(29)16-8-9-18(32-3)17(26)13-16/h7-10,13-14,22,29H,6,11-12H2,1-5H3/t22-/m0/s1. The number of likely N-dealkylation sites (tertiary alicyclic amines) is 1. The number of halogens is 1. The number of aliphatic hydroxyl groups excluding tert-OH is 1. The zero-order chi connectivity index (χ0) is 25.0. The molecule has 0 spiro atoms. The lowest BCUT2D eigenvalue weighted by atomic mass is 9.95. The molecule has 1 N–H and O–H groups in total. The van der Waals surface area contributed by atoms with E-state index in [2.05, 4.69) is 0 Å². The van der Waals surface area contributed by atoms with Crippen LogP contribution in [0.5, 0.6) is 17.2 Å². The van der Waals surface area contributed by atoms with Gasteiger partial charge in [-0.15, -0.1) is 0 Å². The number of Topliss-reactive ketones (excluding diaryl/α,β-unsaturated/α-hetero) is 1. The van der Waals surface area contributed by atoms with Crippen LogP contribution in [-0.2, 0) is 9.59 Å². The molecule has 0 aliphatic carbocycles. The Morgan fingerprint density at radius 2 is 1.65 bits per heavy atom. The van der Waals surface area contributed by atoms with Gasteiger partial charge < -0.3 is 29.1 Å². The Balaban J connectivity index is 2.16. The summed E-state index contributed by atoms with van der Waals surface area (Å²) in [6, 6.07) is 9.05. The van der Waals surface area contributed by atoms with Gasteiger partial charge in [-0.3, -0.25) is 9.59 Å². The average Bonchev–Trinajstić information content (AvgIpc) is 3.07. The third-order valence-electron chi connectivity index (χ3n) is 5.69. The molecule has 2 aromatic carbocycles. The summed E-state index contributed by atoms with van der Waals surface area (Å²) in [6.45, 7) is 1.07. The Bertz CT molecular complexity index is 1110. The summed E-state index contributed by atoms with van der Waals surface area (Å²) < 4.78 is 15.9.